The van der Waals surface area contributed by atoms with Crippen LogP contribution in [0.3, 0.4) is 0 Å². The first-order valence-electron chi connectivity index (χ1n) is 9.53. The van der Waals surface area contributed by atoms with E-state index >= 15 is 0 Å². The largest absolute Gasteiger partial charge is 0.494 e. The highest BCUT2D eigenvalue weighted by Gasteiger charge is 2.21. The number of nitrogen functional groups attached to an aromatic ring is 1. The number of nitrogens with one attached hydrogen (secondary N) is 1. The summed E-state index contributed by atoms with van der Waals surface area (Å²) in [5.41, 5.74) is 6.83. The zero-order chi connectivity index (χ0) is 20.2. The van der Waals surface area contributed by atoms with Crippen LogP contribution in [-0.2, 0) is 11.3 Å². The van der Waals surface area contributed by atoms with Crippen LogP contribution in [0.1, 0.15) is 10.5 Å². The molecule has 152 valence electrons. The first-order chi connectivity index (χ1) is 14.2. The lowest BCUT2D eigenvalue weighted by Gasteiger charge is -2.26. The van der Waals surface area contributed by atoms with Gasteiger partial charge in [0.05, 0.1) is 26.9 Å². The van der Waals surface area contributed by atoms with Crippen LogP contribution in [0, 0.1) is 0 Å². The molecule has 29 heavy (non-hydrogen) atoms. The van der Waals surface area contributed by atoms with Crippen molar-refractivity contribution in [3.63, 3.8) is 0 Å². The Balaban J connectivity index is 1.64. The smallest absolute Gasteiger partial charge is 0.277 e. The Morgan fingerprint density at radius 3 is 2.76 bits per heavy atom. The van der Waals surface area contributed by atoms with E-state index in [2.05, 4.69) is 20.3 Å². The van der Waals surface area contributed by atoms with Crippen molar-refractivity contribution in [1.29, 1.82) is 0 Å². The van der Waals surface area contributed by atoms with Gasteiger partial charge in [-0.3, -0.25) is 14.4 Å². The molecule has 0 bridgehead atoms. The third kappa shape index (κ3) is 4.15. The first-order valence-corrected chi connectivity index (χ1v) is 9.53. The monoisotopic (exact) mass is 396 g/mol. The van der Waals surface area contributed by atoms with E-state index in [-0.39, 0.29) is 5.91 Å². The van der Waals surface area contributed by atoms with Crippen LogP contribution in [0.4, 0.5) is 11.6 Å². The lowest BCUT2D eigenvalue weighted by Crippen LogP contribution is -2.38. The fourth-order valence-electron chi connectivity index (χ4n) is 3.46. The summed E-state index contributed by atoms with van der Waals surface area (Å²) in [6.07, 6.45) is 0. The maximum absolute atomic E-state index is 12.9. The van der Waals surface area contributed by atoms with Gasteiger partial charge in [-0.15, -0.1) is 0 Å². The van der Waals surface area contributed by atoms with E-state index in [0.29, 0.717) is 29.6 Å². The van der Waals surface area contributed by atoms with E-state index in [0.717, 1.165) is 43.8 Å². The number of anilines is 2. The number of hydrogen-bond donors (Lipinski definition) is 2. The second kappa shape index (κ2) is 8.46. The summed E-state index contributed by atoms with van der Waals surface area (Å²) in [7, 11) is 1.62. The molecule has 1 aliphatic rings. The summed E-state index contributed by atoms with van der Waals surface area (Å²) in [5.74, 6) is 1.06. The summed E-state index contributed by atoms with van der Waals surface area (Å²) in [5, 5.41) is 8.11. The molecule has 0 atom stereocenters. The molecule has 3 heterocycles. The van der Waals surface area contributed by atoms with Crippen LogP contribution >= 0.6 is 0 Å². The van der Waals surface area contributed by atoms with Crippen molar-refractivity contribution in [3.8, 4) is 5.75 Å². The summed E-state index contributed by atoms with van der Waals surface area (Å²) < 4.78 is 12.8. The van der Waals surface area contributed by atoms with Gasteiger partial charge in [0, 0.05) is 25.0 Å². The summed E-state index contributed by atoms with van der Waals surface area (Å²) in [6.45, 7) is 4.72. The maximum atomic E-state index is 12.9. The number of rotatable bonds is 6. The van der Waals surface area contributed by atoms with Crippen molar-refractivity contribution in [2.45, 2.75) is 6.54 Å². The number of amides is 1. The highest BCUT2D eigenvalue weighted by Crippen LogP contribution is 2.28. The molecule has 1 saturated heterocycles. The van der Waals surface area contributed by atoms with Gasteiger partial charge in [-0.05, 0) is 18.2 Å². The van der Waals surface area contributed by atoms with Gasteiger partial charge in [0.2, 0.25) is 0 Å². The topological polar surface area (TPSA) is 108 Å². The number of aromatic nitrogens is 3. The average Bonchev–Trinajstić information content (AvgIpc) is 3.12. The van der Waals surface area contributed by atoms with Crippen molar-refractivity contribution >= 4 is 28.4 Å². The molecule has 1 amide bonds. The minimum atomic E-state index is -0.341. The molecule has 3 N–H and O–H groups in total. The number of morpholine rings is 1. The average molecular weight is 396 g/mol. The molecule has 1 fully saturated rings. The molecule has 0 radical (unpaired) electrons. The molecular formula is C20H24N6O3. The van der Waals surface area contributed by atoms with Crippen LogP contribution in [0.15, 0.2) is 36.4 Å². The van der Waals surface area contributed by atoms with Gasteiger partial charge in [-0.25, -0.2) is 4.98 Å². The molecular weight excluding hydrogens is 372 g/mol. The molecule has 3 aromatic rings. The zero-order valence-corrected chi connectivity index (χ0v) is 16.3. The minimum absolute atomic E-state index is 0.324. The van der Waals surface area contributed by atoms with E-state index < -0.39 is 0 Å². The Morgan fingerprint density at radius 2 is 2.00 bits per heavy atom. The Kier molecular flexibility index (Phi) is 5.59. The third-order valence-electron chi connectivity index (χ3n) is 4.91. The number of carbonyl (C=O) groups is 1. The molecule has 0 saturated carbocycles. The predicted octanol–water partition coefficient (Wildman–Crippen LogP) is 1.61. The van der Waals surface area contributed by atoms with E-state index in [1.807, 2.05) is 22.9 Å². The van der Waals surface area contributed by atoms with Crippen molar-refractivity contribution in [2.24, 2.45) is 0 Å². The standard InChI is InChI=1S/C20H24N6O3/c1-28-15-5-2-4-14-18(20(27)23-17-7-3-6-16(21)22-17)24-26(19(14)15)9-8-25-10-12-29-13-11-25/h2-7H,8-13H2,1H3,(H3,21,22,23,27). The number of nitrogens with zero attached hydrogens (tertiary/aromatic N) is 4. The van der Waals surface area contributed by atoms with E-state index in [1.165, 1.54) is 0 Å². The summed E-state index contributed by atoms with van der Waals surface area (Å²) in [4.78, 5) is 19.4. The van der Waals surface area contributed by atoms with Crippen LogP contribution in [0.5, 0.6) is 5.75 Å². The van der Waals surface area contributed by atoms with Gasteiger partial charge >= 0.3 is 0 Å². The number of hydrogen-bond acceptors (Lipinski definition) is 7. The second-order valence-electron chi connectivity index (χ2n) is 6.78. The normalized spacial score (nSPS) is 14.8. The Hall–Kier alpha value is -3.17. The Morgan fingerprint density at radius 1 is 1.21 bits per heavy atom. The number of fused-ring (bicyclic) bond motifs is 1. The third-order valence-corrected chi connectivity index (χ3v) is 4.91. The number of nitrogens with two attached hydrogens (primary N) is 1. The minimum Gasteiger partial charge on any atom is -0.494 e. The molecule has 9 nitrogen and oxygen atoms in total. The Labute approximate surface area is 168 Å². The van der Waals surface area contributed by atoms with Gasteiger partial charge in [0.15, 0.2) is 5.69 Å². The van der Waals surface area contributed by atoms with E-state index in [1.54, 1.807) is 25.3 Å². The highest BCUT2D eigenvalue weighted by atomic mass is 16.5. The van der Waals surface area contributed by atoms with Crippen LogP contribution in [0.2, 0.25) is 0 Å². The number of pyridine rings is 1. The highest BCUT2D eigenvalue weighted by molar-refractivity contribution is 6.11. The summed E-state index contributed by atoms with van der Waals surface area (Å²) >= 11 is 0. The van der Waals surface area contributed by atoms with Crippen molar-refractivity contribution in [2.75, 3.05) is 51.0 Å². The molecule has 2 aromatic heterocycles. The fourth-order valence-corrected chi connectivity index (χ4v) is 3.46. The molecule has 9 heteroatoms. The van der Waals surface area contributed by atoms with Crippen LogP contribution < -0.4 is 15.8 Å². The number of methoxy groups -OCH3 is 1. The molecule has 0 spiro atoms. The molecule has 0 unspecified atom stereocenters. The molecule has 1 aliphatic heterocycles. The van der Waals surface area contributed by atoms with Gasteiger partial charge in [0.25, 0.3) is 5.91 Å². The number of benzene rings is 1. The zero-order valence-electron chi connectivity index (χ0n) is 16.3. The SMILES string of the molecule is COc1cccc2c(C(=O)Nc3cccc(N)n3)nn(CCN3CCOCC3)c12. The van der Waals surface area contributed by atoms with Gasteiger partial charge < -0.3 is 20.5 Å². The van der Waals surface area contributed by atoms with E-state index in [4.69, 9.17) is 15.2 Å². The van der Waals surface area contributed by atoms with Crippen molar-refractivity contribution in [1.82, 2.24) is 19.7 Å². The predicted molar refractivity (Wildman–Crippen MR) is 110 cm³/mol. The first kappa shape index (κ1) is 19.2. The summed E-state index contributed by atoms with van der Waals surface area (Å²) in [6, 6.07) is 10.7. The lowest BCUT2D eigenvalue weighted by molar-refractivity contribution is 0.0361. The van der Waals surface area contributed by atoms with Crippen LogP contribution in [0.25, 0.3) is 10.9 Å². The Bertz CT molecular complexity index is 1010. The van der Waals surface area contributed by atoms with Gasteiger partial charge in [-0.1, -0.05) is 18.2 Å². The van der Waals surface area contributed by atoms with Crippen molar-refractivity contribution in [3.05, 3.63) is 42.1 Å². The second-order valence-corrected chi connectivity index (χ2v) is 6.78. The quantitative estimate of drug-likeness (QED) is 0.652. The van der Waals surface area contributed by atoms with Crippen LogP contribution in [-0.4, -0.2) is 65.5 Å². The maximum Gasteiger partial charge on any atom is 0.277 e. The van der Waals surface area contributed by atoms with Gasteiger partial charge in [0.1, 0.15) is 22.9 Å². The lowest BCUT2D eigenvalue weighted by atomic mass is 10.2. The number of para-hydroxylation sites is 1. The number of carbonyl (C=O) groups excluding carboxylic acids is 1. The van der Waals surface area contributed by atoms with E-state index in [9.17, 15) is 4.79 Å². The van der Waals surface area contributed by atoms with Crippen molar-refractivity contribution < 1.29 is 14.3 Å². The fraction of sp³-hybridized carbons (Fsp3) is 0.350. The van der Waals surface area contributed by atoms with Gasteiger partial charge in [-0.2, -0.15) is 5.10 Å². The number of ether oxygens (including phenoxy) is 2. The molecule has 0 aliphatic carbocycles. The molecule has 1 aromatic carbocycles. The molecule has 4 rings (SSSR count).